The van der Waals surface area contributed by atoms with Gasteiger partial charge in [-0.2, -0.15) is 8.78 Å². The highest BCUT2D eigenvalue weighted by atomic mass is 32.2. The van der Waals surface area contributed by atoms with E-state index in [0.29, 0.717) is 0 Å². The molecule has 1 aromatic rings. The second-order valence-electron chi connectivity index (χ2n) is 3.91. The average molecular weight is 300 g/mol. The summed E-state index contributed by atoms with van der Waals surface area (Å²) < 4.78 is 74.1. The maximum Gasteiger partial charge on any atom is 0.320 e. The highest BCUT2D eigenvalue weighted by molar-refractivity contribution is 7.89. The van der Waals surface area contributed by atoms with E-state index >= 15 is 0 Å². The maximum atomic E-state index is 12.7. The van der Waals surface area contributed by atoms with Gasteiger partial charge in [0, 0.05) is 5.69 Å². The average Bonchev–Trinajstić information content (AvgIpc) is 2.30. The topological polar surface area (TPSA) is 72.2 Å². The lowest BCUT2D eigenvalue weighted by Gasteiger charge is -2.16. The Bertz CT molecular complexity index is 561. The van der Waals surface area contributed by atoms with Gasteiger partial charge in [0.05, 0.1) is 11.4 Å². The van der Waals surface area contributed by atoms with Crippen LogP contribution in [0, 0.1) is 6.92 Å². The number of nitrogen functional groups attached to an aromatic ring is 1. The van der Waals surface area contributed by atoms with Crippen LogP contribution in [0.25, 0.3) is 0 Å². The van der Waals surface area contributed by atoms with Crippen molar-refractivity contribution in [3.8, 4) is 0 Å². The van der Waals surface area contributed by atoms with Crippen LogP contribution in [0.4, 0.5) is 23.2 Å². The lowest BCUT2D eigenvalue weighted by molar-refractivity contribution is -0.122. The number of rotatable bonds is 5. The third-order valence-corrected chi connectivity index (χ3v) is 3.86. The van der Waals surface area contributed by atoms with Crippen molar-refractivity contribution < 1.29 is 26.0 Å². The van der Waals surface area contributed by atoms with Gasteiger partial charge < -0.3 is 5.73 Å². The molecule has 0 heterocycles. The molecule has 0 aliphatic carbocycles. The third kappa shape index (κ3) is 3.80. The molecule has 0 aromatic heterocycles. The summed E-state index contributed by atoms with van der Waals surface area (Å²) in [4.78, 5) is -0.322. The van der Waals surface area contributed by atoms with E-state index in [-0.39, 0.29) is 16.1 Å². The molecular formula is C10H12F4N2O2S. The maximum absolute atomic E-state index is 12.7. The van der Waals surface area contributed by atoms with Gasteiger partial charge in [-0.05, 0) is 24.6 Å². The Balaban J connectivity index is 2.97. The van der Waals surface area contributed by atoms with Crippen molar-refractivity contribution in [3.63, 3.8) is 0 Å². The molecule has 0 aliphatic rings. The molecule has 1 rings (SSSR count). The summed E-state index contributed by atoms with van der Waals surface area (Å²) in [6.45, 7) is -0.250. The number of sulfonamides is 1. The van der Waals surface area contributed by atoms with Gasteiger partial charge in [0.2, 0.25) is 10.0 Å². The zero-order valence-corrected chi connectivity index (χ0v) is 10.6. The zero-order chi connectivity index (χ0) is 14.8. The molecule has 0 spiro atoms. The second-order valence-corrected chi connectivity index (χ2v) is 5.65. The molecule has 0 saturated heterocycles. The van der Waals surface area contributed by atoms with Crippen molar-refractivity contribution in [2.45, 2.75) is 24.2 Å². The first-order chi connectivity index (χ1) is 8.56. The number of aryl methyl sites for hydroxylation is 1. The fraction of sp³-hybridized carbons (Fsp3) is 0.400. The molecular weight excluding hydrogens is 288 g/mol. The van der Waals surface area contributed by atoms with Crippen molar-refractivity contribution in [3.05, 3.63) is 23.8 Å². The first-order valence-electron chi connectivity index (χ1n) is 5.08. The van der Waals surface area contributed by atoms with Crippen LogP contribution >= 0.6 is 0 Å². The number of hydrogen-bond acceptors (Lipinski definition) is 3. The van der Waals surface area contributed by atoms with Crippen LogP contribution < -0.4 is 10.5 Å². The van der Waals surface area contributed by atoms with Gasteiger partial charge in [0.15, 0.2) is 0 Å². The molecule has 9 heteroatoms. The van der Waals surface area contributed by atoms with Gasteiger partial charge in [-0.3, -0.25) is 0 Å². The van der Waals surface area contributed by atoms with Crippen LogP contribution in [0.15, 0.2) is 23.1 Å². The van der Waals surface area contributed by atoms with Crippen LogP contribution in [0.3, 0.4) is 0 Å². The smallest absolute Gasteiger partial charge is 0.320 e. The van der Waals surface area contributed by atoms with Crippen LogP contribution in [-0.2, 0) is 10.0 Å². The molecule has 4 nitrogen and oxygen atoms in total. The van der Waals surface area contributed by atoms with Crippen molar-refractivity contribution >= 4 is 15.7 Å². The number of nitrogens with one attached hydrogen (secondary N) is 1. The largest absolute Gasteiger partial charge is 0.399 e. The van der Waals surface area contributed by atoms with Crippen molar-refractivity contribution in [1.29, 1.82) is 0 Å². The molecule has 0 saturated carbocycles. The number of anilines is 1. The predicted octanol–water partition coefficient (Wildman–Crippen LogP) is 1.76. The van der Waals surface area contributed by atoms with E-state index in [2.05, 4.69) is 0 Å². The molecule has 0 amide bonds. The van der Waals surface area contributed by atoms with Crippen LogP contribution in [0.5, 0.6) is 0 Å². The van der Waals surface area contributed by atoms with E-state index in [1.54, 1.807) is 0 Å². The Labute approximate surface area is 107 Å². The summed E-state index contributed by atoms with van der Waals surface area (Å²) in [5.74, 6) is -4.43. The number of hydrogen-bond donors (Lipinski definition) is 2. The summed E-state index contributed by atoms with van der Waals surface area (Å²) >= 11 is 0. The Morgan fingerprint density at radius 2 is 1.95 bits per heavy atom. The first kappa shape index (κ1) is 15.7. The van der Waals surface area contributed by atoms with Crippen molar-refractivity contribution in [2.24, 2.45) is 0 Å². The fourth-order valence-corrected chi connectivity index (χ4v) is 2.57. The van der Waals surface area contributed by atoms with Gasteiger partial charge in [0.25, 0.3) is 0 Å². The molecule has 3 N–H and O–H groups in total. The van der Waals surface area contributed by atoms with Gasteiger partial charge in [-0.25, -0.2) is 21.9 Å². The van der Waals surface area contributed by atoms with Crippen LogP contribution in [-0.4, -0.2) is 27.3 Å². The summed E-state index contributed by atoms with van der Waals surface area (Å²) in [6, 6.07) is 3.88. The lowest BCUT2D eigenvalue weighted by Crippen LogP contribution is -2.41. The zero-order valence-electron chi connectivity index (χ0n) is 9.83. The molecule has 0 unspecified atom stereocenters. The fourth-order valence-electron chi connectivity index (χ4n) is 1.25. The van der Waals surface area contributed by atoms with E-state index in [1.165, 1.54) is 23.8 Å². The van der Waals surface area contributed by atoms with E-state index in [0.717, 1.165) is 6.07 Å². The third-order valence-electron chi connectivity index (χ3n) is 2.32. The lowest BCUT2D eigenvalue weighted by atomic mass is 10.2. The number of nitrogens with two attached hydrogens (primary N) is 1. The number of alkyl halides is 4. The Hall–Kier alpha value is -1.35. The molecule has 0 bridgehead atoms. The molecule has 19 heavy (non-hydrogen) atoms. The molecule has 0 aliphatic heterocycles. The molecule has 0 radical (unpaired) electrons. The minimum Gasteiger partial charge on any atom is -0.399 e. The highest BCUT2D eigenvalue weighted by Gasteiger charge is 2.41. The normalized spacial score (nSPS) is 12.9. The molecule has 108 valence electrons. The van der Waals surface area contributed by atoms with E-state index in [9.17, 15) is 26.0 Å². The molecule has 0 atom stereocenters. The Kier molecular flexibility index (Phi) is 4.41. The standard InChI is InChI=1S/C10H12F4N2O2S/c1-6-2-3-7(15)4-8(6)19(17,18)16-5-10(13,14)9(11)12/h2-4,9,16H,5,15H2,1H3. The molecule has 0 fully saturated rings. The van der Waals surface area contributed by atoms with E-state index < -0.39 is 28.9 Å². The van der Waals surface area contributed by atoms with E-state index in [1.807, 2.05) is 0 Å². The van der Waals surface area contributed by atoms with Gasteiger partial charge in [-0.1, -0.05) is 6.07 Å². The Morgan fingerprint density at radius 3 is 2.47 bits per heavy atom. The van der Waals surface area contributed by atoms with Crippen molar-refractivity contribution in [1.82, 2.24) is 4.72 Å². The van der Waals surface area contributed by atoms with Gasteiger partial charge >= 0.3 is 12.3 Å². The van der Waals surface area contributed by atoms with Crippen LogP contribution in [0.1, 0.15) is 5.56 Å². The van der Waals surface area contributed by atoms with Gasteiger partial charge in [-0.15, -0.1) is 0 Å². The SMILES string of the molecule is Cc1ccc(N)cc1S(=O)(=O)NCC(F)(F)C(F)F. The summed E-state index contributed by atoms with van der Waals surface area (Å²) in [6.07, 6.45) is -3.95. The highest BCUT2D eigenvalue weighted by Crippen LogP contribution is 2.23. The van der Waals surface area contributed by atoms with Crippen molar-refractivity contribution in [2.75, 3.05) is 12.3 Å². The second kappa shape index (κ2) is 5.33. The summed E-state index contributed by atoms with van der Waals surface area (Å²) in [7, 11) is -4.32. The number of benzene rings is 1. The monoisotopic (exact) mass is 300 g/mol. The van der Waals surface area contributed by atoms with Gasteiger partial charge in [0.1, 0.15) is 0 Å². The minimum absolute atomic E-state index is 0.117. The first-order valence-corrected chi connectivity index (χ1v) is 6.56. The predicted molar refractivity (Wildman–Crippen MR) is 61.7 cm³/mol. The minimum atomic E-state index is -4.43. The molecule has 1 aromatic carbocycles. The summed E-state index contributed by atoms with van der Waals surface area (Å²) in [5, 5.41) is 0. The quantitative estimate of drug-likeness (QED) is 0.643. The number of halogens is 4. The summed E-state index contributed by atoms with van der Waals surface area (Å²) in [5.41, 5.74) is 5.78. The van der Waals surface area contributed by atoms with Crippen LogP contribution in [0.2, 0.25) is 0 Å². The Morgan fingerprint density at radius 1 is 1.37 bits per heavy atom. The van der Waals surface area contributed by atoms with E-state index in [4.69, 9.17) is 5.73 Å².